The van der Waals surface area contributed by atoms with E-state index in [0.29, 0.717) is 10.3 Å². The maximum absolute atomic E-state index is 11.9. The van der Waals surface area contributed by atoms with Crippen molar-refractivity contribution in [1.82, 2.24) is 10.6 Å². The zero-order valence-electron chi connectivity index (χ0n) is 13.9. The first-order chi connectivity index (χ1) is 12.0. The number of benzene rings is 1. The molecule has 1 aliphatic heterocycles. The van der Waals surface area contributed by atoms with Crippen molar-refractivity contribution in [2.75, 3.05) is 25.2 Å². The zero-order chi connectivity index (χ0) is 18.2. The summed E-state index contributed by atoms with van der Waals surface area (Å²) in [5, 5.41) is 4.29. The van der Waals surface area contributed by atoms with Gasteiger partial charge in [-0.25, -0.2) is 9.59 Å². The van der Waals surface area contributed by atoms with E-state index in [1.165, 1.54) is 14.0 Å². The van der Waals surface area contributed by atoms with E-state index in [1.54, 1.807) is 0 Å². The van der Waals surface area contributed by atoms with Gasteiger partial charge < -0.3 is 14.8 Å². The van der Waals surface area contributed by atoms with Crippen LogP contribution in [0.4, 0.5) is 4.79 Å². The molecule has 0 aromatic heterocycles. The van der Waals surface area contributed by atoms with Crippen LogP contribution in [-0.2, 0) is 14.3 Å². The molecule has 7 nitrogen and oxygen atoms in total. The third kappa shape index (κ3) is 5.86. The second-order valence-corrected chi connectivity index (χ2v) is 7.82. The molecule has 1 saturated heterocycles. The minimum absolute atomic E-state index is 0.296. The van der Waals surface area contributed by atoms with Gasteiger partial charge in [0.2, 0.25) is 0 Å². The Morgan fingerprint density at radius 1 is 1.24 bits per heavy atom. The number of imide groups is 1. The lowest BCUT2D eigenvalue weighted by Crippen LogP contribution is -2.43. The molecule has 2 rings (SSSR count). The summed E-state index contributed by atoms with van der Waals surface area (Å²) < 4.78 is 10.9. The third-order valence-electron chi connectivity index (χ3n) is 3.28. The lowest BCUT2D eigenvalue weighted by molar-refractivity contribution is -0.156. The predicted molar refractivity (Wildman–Crippen MR) is 97.7 cm³/mol. The van der Waals surface area contributed by atoms with Gasteiger partial charge in [-0.15, -0.1) is 23.5 Å². The molecule has 0 bridgehead atoms. The van der Waals surface area contributed by atoms with E-state index in [2.05, 4.69) is 5.32 Å². The van der Waals surface area contributed by atoms with Crippen molar-refractivity contribution in [2.45, 2.75) is 17.6 Å². The fourth-order valence-electron chi connectivity index (χ4n) is 2.04. The van der Waals surface area contributed by atoms with Gasteiger partial charge in [-0.3, -0.25) is 10.1 Å². The number of urea groups is 1. The van der Waals surface area contributed by atoms with Crippen LogP contribution in [0.3, 0.4) is 0 Å². The summed E-state index contributed by atoms with van der Waals surface area (Å²) >= 11 is 3.68. The second kappa shape index (κ2) is 9.57. The molecule has 1 aliphatic rings. The van der Waals surface area contributed by atoms with Crippen LogP contribution in [0, 0.1) is 0 Å². The molecule has 1 atom stereocenters. The highest BCUT2D eigenvalue weighted by Crippen LogP contribution is 2.48. The van der Waals surface area contributed by atoms with Crippen molar-refractivity contribution in [1.29, 1.82) is 0 Å². The largest absolute Gasteiger partial charge is 0.482 e. The maximum atomic E-state index is 11.9. The number of carbonyl (C=O) groups excluding carboxylic acids is 3. The van der Waals surface area contributed by atoms with Crippen LogP contribution in [0.15, 0.2) is 24.3 Å². The van der Waals surface area contributed by atoms with E-state index in [9.17, 15) is 14.4 Å². The molecule has 0 saturated carbocycles. The van der Waals surface area contributed by atoms with E-state index in [0.717, 1.165) is 17.1 Å². The Morgan fingerprint density at radius 2 is 1.92 bits per heavy atom. The highest BCUT2D eigenvalue weighted by Gasteiger charge is 2.23. The number of carbonyl (C=O) groups is 3. The Labute approximate surface area is 154 Å². The molecule has 0 spiro atoms. The lowest BCUT2D eigenvalue weighted by Gasteiger charge is -2.16. The van der Waals surface area contributed by atoms with E-state index in [1.807, 2.05) is 53.1 Å². The fraction of sp³-hybridized carbons (Fsp3) is 0.438. The molecule has 9 heteroatoms. The van der Waals surface area contributed by atoms with Crippen molar-refractivity contribution in [3.63, 3.8) is 0 Å². The van der Waals surface area contributed by atoms with Crippen molar-refractivity contribution in [3.8, 4) is 5.75 Å². The molecular weight excluding hydrogens is 364 g/mol. The molecule has 0 unspecified atom stereocenters. The SMILES string of the molecule is CNC(=O)NC(=O)[C@H](C)OC(=O)COc1ccccc1C1SCCS1. The van der Waals surface area contributed by atoms with Crippen molar-refractivity contribution in [2.24, 2.45) is 0 Å². The van der Waals surface area contributed by atoms with Crippen LogP contribution in [0.1, 0.15) is 17.1 Å². The monoisotopic (exact) mass is 384 g/mol. The van der Waals surface area contributed by atoms with Gasteiger partial charge in [0.25, 0.3) is 5.91 Å². The quantitative estimate of drug-likeness (QED) is 0.724. The summed E-state index contributed by atoms with van der Waals surface area (Å²) in [7, 11) is 1.38. The zero-order valence-corrected chi connectivity index (χ0v) is 15.6. The first kappa shape index (κ1) is 19.5. The minimum Gasteiger partial charge on any atom is -0.482 e. The third-order valence-corrected chi connectivity index (χ3v) is 6.35. The molecule has 25 heavy (non-hydrogen) atoms. The number of ether oxygens (including phenoxy) is 2. The van der Waals surface area contributed by atoms with E-state index in [-0.39, 0.29) is 6.61 Å². The summed E-state index contributed by atoms with van der Waals surface area (Å²) in [5.41, 5.74) is 1.04. The smallest absolute Gasteiger partial charge is 0.344 e. The summed E-state index contributed by atoms with van der Waals surface area (Å²) in [6, 6.07) is 6.91. The van der Waals surface area contributed by atoms with Gasteiger partial charge in [-0.2, -0.15) is 0 Å². The van der Waals surface area contributed by atoms with Gasteiger partial charge in [-0.05, 0) is 13.0 Å². The van der Waals surface area contributed by atoms with Gasteiger partial charge in [0, 0.05) is 24.1 Å². The van der Waals surface area contributed by atoms with Crippen LogP contribution in [0.2, 0.25) is 0 Å². The number of esters is 1. The van der Waals surface area contributed by atoms with Crippen LogP contribution in [0.5, 0.6) is 5.75 Å². The summed E-state index contributed by atoms with van der Waals surface area (Å²) in [6.45, 7) is 1.08. The highest BCUT2D eigenvalue weighted by molar-refractivity contribution is 8.19. The van der Waals surface area contributed by atoms with Crippen LogP contribution >= 0.6 is 23.5 Å². The van der Waals surface area contributed by atoms with Crippen LogP contribution in [0.25, 0.3) is 0 Å². The number of amides is 3. The normalized spacial score (nSPS) is 15.3. The van der Waals surface area contributed by atoms with Crippen molar-refractivity contribution < 1.29 is 23.9 Å². The van der Waals surface area contributed by atoms with E-state index < -0.39 is 24.0 Å². The summed E-state index contributed by atoms with van der Waals surface area (Å²) in [4.78, 5) is 34.6. The van der Waals surface area contributed by atoms with Gasteiger partial charge in [0.1, 0.15) is 5.75 Å². The number of hydrogen-bond acceptors (Lipinski definition) is 7. The number of thioether (sulfide) groups is 2. The number of nitrogens with one attached hydrogen (secondary N) is 2. The Bertz CT molecular complexity index is 635. The van der Waals surface area contributed by atoms with E-state index in [4.69, 9.17) is 9.47 Å². The van der Waals surface area contributed by atoms with Gasteiger partial charge in [0.05, 0.1) is 4.58 Å². The average molecular weight is 384 g/mol. The molecule has 2 N–H and O–H groups in total. The number of rotatable bonds is 6. The topological polar surface area (TPSA) is 93.7 Å². The van der Waals surface area contributed by atoms with Crippen LogP contribution < -0.4 is 15.4 Å². The van der Waals surface area contributed by atoms with Crippen molar-refractivity contribution >= 4 is 41.4 Å². The Hall–Kier alpha value is -1.87. The Balaban J connectivity index is 1.86. The predicted octanol–water partition coefficient (Wildman–Crippen LogP) is 1.93. The summed E-state index contributed by atoms with van der Waals surface area (Å²) in [6.07, 6.45) is -1.09. The van der Waals surface area contributed by atoms with Gasteiger partial charge in [-0.1, -0.05) is 18.2 Å². The molecule has 0 aliphatic carbocycles. The molecule has 136 valence electrons. The Morgan fingerprint density at radius 3 is 2.60 bits per heavy atom. The standard InChI is InChI=1S/C16H20N2O5S2/c1-10(14(20)18-16(21)17-2)23-13(19)9-22-12-6-4-3-5-11(12)15-24-7-8-25-15/h3-6,10,15H,7-9H2,1-2H3,(H2,17,18,20,21)/t10-/m0/s1. The Kier molecular flexibility index (Phi) is 7.45. The molecule has 1 aromatic rings. The van der Waals surface area contributed by atoms with Gasteiger partial charge >= 0.3 is 12.0 Å². The molecular formula is C16H20N2O5S2. The molecule has 1 fully saturated rings. The minimum atomic E-state index is -1.09. The summed E-state index contributed by atoms with van der Waals surface area (Å²) in [5.74, 6) is 1.43. The lowest BCUT2D eigenvalue weighted by atomic mass is 10.2. The highest BCUT2D eigenvalue weighted by atomic mass is 32.2. The number of hydrogen-bond donors (Lipinski definition) is 2. The first-order valence-corrected chi connectivity index (χ1v) is 9.78. The maximum Gasteiger partial charge on any atom is 0.344 e. The number of para-hydroxylation sites is 1. The molecule has 1 heterocycles. The van der Waals surface area contributed by atoms with E-state index >= 15 is 0 Å². The molecule has 1 aromatic carbocycles. The fourth-order valence-corrected chi connectivity index (χ4v) is 4.95. The molecule has 3 amide bonds. The average Bonchev–Trinajstić information content (AvgIpc) is 3.14. The molecule has 0 radical (unpaired) electrons. The first-order valence-electron chi connectivity index (χ1n) is 7.68. The second-order valence-electron chi connectivity index (χ2n) is 5.10. The van der Waals surface area contributed by atoms with Crippen LogP contribution in [-0.4, -0.2) is 49.2 Å². The van der Waals surface area contributed by atoms with Gasteiger partial charge in [0.15, 0.2) is 12.7 Å². The van der Waals surface area contributed by atoms with Crippen molar-refractivity contribution in [3.05, 3.63) is 29.8 Å².